The summed E-state index contributed by atoms with van der Waals surface area (Å²) in [6, 6.07) is 4.03. The lowest BCUT2D eigenvalue weighted by atomic mass is 9.94. The van der Waals surface area contributed by atoms with Crippen molar-refractivity contribution in [2.75, 3.05) is 5.32 Å². The van der Waals surface area contributed by atoms with Gasteiger partial charge in [-0.2, -0.15) is 17.6 Å². The lowest BCUT2D eigenvalue weighted by Gasteiger charge is -2.31. The highest BCUT2D eigenvalue weighted by atomic mass is 19.3. The smallest absolute Gasteiger partial charge is 0.343 e. The number of carbonyl (C=O) groups is 1. The zero-order valence-corrected chi connectivity index (χ0v) is 11.5. The van der Waals surface area contributed by atoms with E-state index in [-0.39, 0.29) is 5.56 Å². The van der Waals surface area contributed by atoms with E-state index < -0.39 is 53.1 Å². The number of allylic oxidation sites excluding steroid dienone is 3. The van der Waals surface area contributed by atoms with Crippen molar-refractivity contribution in [3.8, 4) is 0 Å². The molecular formula is C14H8F7NO2. The molecule has 1 atom stereocenters. The Labute approximate surface area is 130 Å². The zero-order chi connectivity index (χ0) is 18.3. The molecule has 1 aliphatic rings. The highest BCUT2D eigenvalue weighted by Crippen LogP contribution is 2.49. The van der Waals surface area contributed by atoms with Crippen molar-refractivity contribution in [1.29, 1.82) is 0 Å². The molecule has 3 nitrogen and oxygen atoms in total. The van der Waals surface area contributed by atoms with Gasteiger partial charge in [-0.1, -0.05) is 6.07 Å². The number of carboxylic acids is 1. The summed E-state index contributed by atoms with van der Waals surface area (Å²) in [5.74, 6) is -16.6. The summed E-state index contributed by atoms with van der Waals surface area (Å²) in [6.07, 6.45) is -4.15. The van der Waals surface area contributed by atoms with Crippen LogP contribution >= 0.6 is 0 Å². The Morgan fingerprint density at radius 3 is 2.38 bits per heavy atom. The summed E-state index contributed by atoms with van der Waals surface area (Å²) in [4.78, 5) is 10.8. The van der Waals surface area contributed by atoms with E-state index in [4.69, 9.17) is 5.11 Å². The van der Waals surface area contributed by atoms with Gasteiger partial charge in [0.05, 0.1) is 11.1 Å². The van der Waals surface area contributed by atoms with Crippen LogP contribution < -0.4 is 5.32 Å². The first kappa shape index (κ1) is 17.8. The van der Waals surface area contributed by atoms with Gasteiger partial charge in [-0.15, -0.1) is 0 Å². The minimum absolute atomic E-state index is 0.367. The first-order valence-corrected chi connectivity index (χ1v) is 6.26. The molecule has 130 valence electrons. The topological polar surface area (TPSA) is 49.3 Å². The number of benzene rings is 1. The fourth-order valence-electron chi connectivity index (χ4n) is 1.99. The molecule has 1 aromatic rings. The minimum atomic E-state index is -5.32. The average molecular weight is 355 g/mol. The quantitative estimate of drug-likeness (QED) is 0.620. The average Bonchev–Trinajstić information content (AvgIpc) is 2.45. The molecule has 2 N–H and O–H groups in total. The van der Waals surface area contributed by atoms with Gasteiger partial charge < -0.3 is 10.4 Å². The van der Waals surface area contributed by atoms with Gasteiger partial charge in [-0.25, -0.2) is 18.0 Å². The lowest BCUT2D eigenvalue weighted by molar-refractivity contribution is -0.163. The van der Waals surface area contributed by atoms with Gasteiger partial charge >= 0.3 is 17.8 Å². The van der Waals surface area contributed by atoms with Crippen LogP contribution in [-0.2, 0) is 0 Å². The van der Waals surface area contributed by atoms with Crippen LogP contribution in [0, 0.1) is 0 Å². The number of rotatable bonds is 4. The summed E-state index contributed by atoms with van der Waals surface area (Å²) in [6.45, 7) is 0. The maximum Gasteiger partial charge on any atom is 0.343 e. The van der Waals surface area contributed by atoms with Crippen molar-refractivity contribution in [3.05, 3.63) is 53.1 Å². The van der Waals surface area contributed by atoms with Crippen LogP contribution in [0.15, 0.2) is 47.6 Å². The molecule has 0 amide bonds. The zero-order valence-electron chi connectivity index (χ0n) is 11.5. The molecule has 0 heterocycles. The van der Waals surface area contributed by atoms with Gasteiger partial charge in [-0.05, 0) is 18.2 Å². The first-order chi connectivity index (χ1) is 11.0. The Hall–Kier alpha value is -2.52. The minimum Gasteiger partial charge on any atom is -0.478 e. The Balaban J connectivity index is 2.39. The number of alkyl halides is 5. The van der Waals surface area contributed by atoms with Gasteiger partial charge in [0.2, 0.25) is 6.30 Å². The van der Waals surface area contributed by atoms with Crippen molar-refractivity contribution < 1.29 is 40.6 Å². The summed E-state index contributed by atoms with van der Waals surface area (Å²) < 4.78 is 94.1. The van der Waals surface area contributed by atoms with E-state index in [0.717, 1.165) is 24.3 Å². The number of nitrogens with one attached hydrogen (secondary N) is 1. The predicted molar refractivity (Wildman–Crippen MR) is 69.1 cm³/mol. The fraction of sp³-hybridized carbons (Fsp3) is 0.214. The van der Waals surface area contributed by atoms with E-state index in [1.807, 2.05) is 0 Å². The molecule has 0 fully saturated rings. The van der Waals surface area contributed by atoms with Gasteiger partial charge in [0.25, 0.3) is 0 Å². The van der Waals surface area contributed by atoms with Crippen LogP contribution in [0.4, 0.5) is 36.4 Å². The molecule has 1 aliphatic carbocycles. The normalized spacial score (nSPS) is 20.4. The summed E-state index contributed by atoms with van der Waals surface area (Å²) in [7, 11) is 0. The summed E-state index contributed by atoms with van der Waals surface area (Å²) in [5, 5.41) is 10.4. The van der Waals surface area contributed by atoms with Crippen LogP contribution in [-0.4, -0.2) is 29.2 Å². The molecule has 0 aliphatic heterocycles. The van der Waals surface area contributed by atoms with Crippen molar-refractivity contribution in [2.24, 2.45) is 0 Å². The Kier molecular flexibility index (Phi) is 4.34. The number of aromatic carboxylic acids is 1. The second kappa shape index (κ2) is 5.84. The molecule has 10 heteroatoms. The molecule has 0 aromatic heterocycles. The number of hydrogen-bond donors (Lipinski definition) is 2. The molecule has 0 saturated carbocycles. The van der Waals surface area contributed by atoms with E-state index in [1.165, 1.54) is 0 Å². The van der Waals surface area contributed by atoms with Crippen LogP contribution in [0.25, 0.3) is 0 Å². The third kappa shape index (κ3) is 2.95. The summed E-state index contributed by atoms with van der Waals surface area (Å²) in [5.41, 5.74) is -3.18. The van der Waals surface area contributed by atoms with Crippen molar-refractivity contribution in [3.63, 3.8) is 0 Å². The number of anilines is 1. The maximum absolute atomic E-state index is 14.0. The van der Waals surface area contributed by atoms with Crippen LogP contribution in [0.3, 0.4) is 0 Å². The molecule has 24 heavy (non-hydrogen) atoms. The highest BCUT2D eigenvalue weighted by molar-refractivity contribution is 5.88. The predicted octanol–water partition coefficient (Wildman–Crippen LogP) is 4.45. The molecule has 0 saturated heterocycles. The third-order valence-electron chi connectivity index (χ3n) is 3.17. The monoisotopic (exact) mass is 355 g/mol. The number of halogens is 7. The van der Waals surface area contributed by atoms with Crippen molar-refractivity contribution >= 4 is 11.7 Å². The fourth-order valence-corrected chi connectivity index (χ4v) is 1.99. The van der Waals surface area contributed by atoms with Gasteiger partial charge in [0.15, 0.2) is 11.7 Å². The second-order valence-electron chi connectivity index (χ2n) is 4.81. The van der Waals surface area contributed by atoms with E-state index >= 15 is 0 Å². The Bertz CT molecular complexity index is 742. The second-order valence-corrected chi connectivity index (χ2v) is 4.81. The number of carboxylic acid groups (broad SMARTS) is 1. The first-order valence-electron chi connectivity index (χ1n) is 6.26. The lowest BCUT2D eigenvalue weighted by Crippen LogP contribution is -2.47. The standard InChI is InChI=1S/C14H8F7NO2/c15-8-5-13(18,19)14(20,21)9(10(8)16)11(17)22-7-3-1-2-6(4-7)12(23)24/h1-5,11,22H,(H,23,24). The molecule has 0 spiro atoms. The molecule has 0 radical (unpaired) electrons. The van der Waals surface area contributed by atoms with Gasteiger partial charge in [0, 0.05) is 11.8 Å². The van der Waals surface area contributed by atoms with Crippen LogP contribution in [0.5, 0.6) is 0 Å². The van der Waals surface area contributed by atoms with E-state index in [2.05, 4.69) is 0 Å². The van der Waals surface area contributed by atoms with Gasteiger partial charge in [-0.3, -0.25) is 0 Å². The molecular weight excluding hydrogens is 347 g/mol. The van der Waals surface area contributed by atoms with Crippen molar-refractivity contribution in [1.82, 2.24) is 0 Å². The Morgan fingerprint density at radius 1 is 1.17 bits per heavy atom. The third-order valence-corrected chi connectivity index (χ3v) is 3.17. The van der Waals surface area contributed by atoms with Gasteiger partial charge in [0.1, 0.15) is 0 Å². The van der Waals surface area contributed by atoms with E-state index in [1.54, 1.807) is 5.32 Å². The van der Waals surface area contributed by atoms with E-state index in [9.17, 15) is 35.5 Å². The van der Waals surface area contributed by atoms with Crippen molar-refractivity contribution in [2.45, 2.75) is 18.1 Å². The molecule has 1 unspecified atom stereocenters. The van der Waals surface area contributed by atoms with Crippen LogP contribution in [0.2, 0.25) is 0 Å². The maximum atomic E-state index is 14.0. The largest absolute Gasteiger partial charge is 0.478 e. The number of hydrogen-bond acceptors (Lipinski definition) is 2. The molecule has 0 bridgehead atoms. The highest BCUT2D eigenvalue weighted by Gasteiger charge is 2.63. The van der Waals surface area contributed by atoms with Crippen LogP contribution in [0.1, 0.15) is 10.4 Å². The molecule has 2 rings (SSSR count). The SMILES string of the molecule is O=C(O)c1cccc(NC(F)C2=C(F)C(F)=CC(F)(F)C2(F)F)c1. The summed E-state index contributed by atoms with van der Waals surface area (Å²) >= 11 is 0. The Morgan fingerprint density at radius 2 is 1.79 bits per heavy atom. The molecule has 1 aromatic carbocycles. The van der Waals surface area contributed by atoms with E-state index in [0.29, 0.717) is 0 Å².